The highest BCUT2D eigenvalue weighted by molar-refractivity contribution is 6.83. The van der Waals surface area contributed by atoms with Crippen molar-refractivity contribution in [3.05, 3.63) is 47.2 Å². The summed E-state index contributed by atoms with van der Waals surface area (Å²) in [5, 5.41) is 0.733. The van der Waals surface area contributed by atoms with Gasteiger partial charge in [0.15, 0.2) is 8.24 Å². The number of alkyl halides is 3. The molecule has 0 saturated carbocycles. The fourth-order valence-corrected chi connectivity index (χ4v) is 7.92. The van der Waals surface area contributed by atoms with Gasteiger partial charge in [-0.15, -0.1) is 0 Å². The summed E-state index contributed by atoms with van der Waals surface area (Å²) >= 11 is 0. The molecule has 4 aromatic rings. The highest BCUT2D eigenvalue weighted by atomic mass is 28.4. The molecular formula is C30H36F3N3O3Si2. The Morgan fingerprint density at radius 1 is 0.854 bits per heavy atom. The van der Waals surface area contributed by atoms with Crippen LogP contribution in [0.15, 0.2) is 30.5 Å². The average molecular weight is 600 g/mol. The highest BCUT2D eigenvalue weighted by Crippen LogP contribution is 2.48. The van der Waals surface area contributed by atoms with Crippen LogP contribution >= 0.6 is 0 Å². The molecule has 5 rings (SSSR count). The van der Waals surface area contributed by atoms with E-state index in [-0.39, 0.29) is 32.1 Å². The van der Waals surface area contributed by atoms with Gasteiger partial charge in [-0.2, -0.15) is 13.2 Å². The highest BCUT2D eigenvalue weighted by Gasteiger charge is 2.52. The van der Waals surface area contributed by atoms with E-state index in [0.717, 1.165) is 12.3 Å². The number of benzene rings is 2. The standard InChI is InChI=1S/C30H36F3N3O3Si2/c1-28(2,3)40(7,8)36-26(37)22-19-13-16(30(31,32)33)15-34-24(19)25-21(23(22)27(36)38)18-14-17(11-12-20(18)35-25)39-41(9,10)29(4,5)6/h11-15,35H,1-10H3. The van der Waals surface area contributed by atoms with Gasteiger partial charge in [0.2, 0.25) is 8.32 Å². The number of halogens is 3. The van der Waals surface area contributed by atoms with Crippen molar-refractivity contribution in [2.24, 2.45) is 0 Å². The lowest BCUT2D eigenvalue weighted by molar-refractivity contribution is -0.137. The Morgan fingerprint density at radius 2 is 1.46 bits per heavy atom. The number of nitrogens with one attached hydrogen (secondary N) is 1. The molecule has 0 spiro atoms. The van der Waals surface area contributed by atoms with E-state index < -0.39 is 40.1 Å². The summed E-state index contributed by atoms with van der Waals surface area (Å²) in [6.07, 6.45) is -3.89. The zero-order valence-electron chi connectivity index (χ0n) is 25.1. The number of hydrogen-bond acceptors (Lipinski definition) is 4. The number of rotatable bonds is 3. The summed E-state index contributed by atoms with van der Waals surface area (Å²) in [6, 6.07) is 6.49. The Bertz CT molecular complexity index is 1780. The van der Waals surface area contributed by atoms with E-state index >= 15 is 0 Å². The lowest BCUT2D eigenvalue weighted by atomic mass is 9.96. The number of aromatic nitrogens is 2. The van der Waals surface area contributed by atoms with E-state index in [2.05, 4.69) is 43.8 Å². The summed E-state index contributed by atoms with van der Waals surface area (Å²) in [6.45, 7) is 20.5. The molecule has 11 heteroatoms. The number of H-pyrrole nitrogens is 1. The first-order valence-corrected chi connectivity index (χ1v) is 19.5. The van der Waals surface area contributed by atoms with Crippen LogP contribution in [0.5, 0.6) is 5.75 Å². The van der Waals surface area contributed by atoms with Crippen molar-refractivity contribution in [2.45, 2.75) is 84.0 Å². The summed E-state index contributed by atoms with van der Waals surface area (Å²) in [4.78, 5) is 35.9. The first-order chi connectivity index (χ1) is 18.6. The van der Waals surface area contributed by atoms with Crippen molar-refractivity contribution in [3.63, 3.8) is 0 Å². The first-order valence-electron chi connectivity index (χ1n) is 13.6. The van der Waals surface area contributed by atoms with Gasteiger partial charge in [0.1, 0.15) is 5.75 Å². The molecule has 0 fully saturated rings. The maximum absolute atomic E-state index is 14.3. The van der Waals surface area contributed by atoms with Gasteiger partial charge in [-0.05, 0) is 47.4 Å². The SMILES string of the molecule is CC(C)(C)[Si](C)(C)Oc1ccc2[nH]c3c4ncc(C(F)(F)F)cc4c4c(c3c2c1)C(=O)N([Si](C)(C)C(C)(C)C)C4=O. The van der Waals surface area contributed by atoms with Crippen molar-refractivity contribution in [1.29, 1.82) is 0 Å². The molecule has 2 aromatic heterocycles. The third-order valence-corrected chi connectivity index (χ3v) is 19.0. The van der Waals surface area contributed by atoms with Gasteiger partial charge < -0.3 is 14.0 Å². The number of amides is 2. The molecule has 0 aliphatic carbocycles. The van der Waals surface area contributed by atoms with Crippen LogP contribution in [0.25, 0.3) is 32.7 Å². The van der Waals surface area contributed by atoms with Gasteiger partial charge in [0.05, 0.1) is 27.7 Å². The summed E-state index contributed by atoms with van der Waals surface area (Å²) < 4.78 is 49.3. The normalized spacial score (nSPS) is 15.5. The van der Waals surface area contributed by atoms with Gasteiger partial charge in [-0.25, -0.2) is 0 Å². The van der Waals surface area contributed by atoms with Crippen LogP contribution in [0.1, 0.15) is 67.8 Å². The van der Waals surface area contributed by atoms with Crippen LogP contribution in [0.2, 0.25) is 36.3 Å². The smallest absolute Gasteiger partial charge is 0.417 e. The zero-order chi connectivity index (χ0) is 30.7. The third kappa shape index (κ3) is 4.30. The predicted octanol–water partition coefficient (Wildman–Crippen LogP) is 8.87. The average Bonchev–Trinajstić information content (AvgIpc) is 3.31. The van der Waals surface area contributed by atoms with Crippen molar-refractivity contribution < 1.29 is 27.2 Å². The van der Waals surface area contributed by atoms with Crippen LogP contribution in [0.3, 0.4) is 0 Å². The molecule has 41 heavy (non-hydrogen) atoms. The summed E-state index contributed by atoms with van der Waals surface area (Å²) in [5.41, 5.74) is 0.443. The number of fused-ring (bicyclic) bond motifs is 8. The number of imide groups is 1. The minimum Gasteiger partial charge on any atom is -0.543 e. The molecule has 1 N–H and O–H groups in total. The molecule has 6 nitrogen and oxygen atoms in total. The minimum atomic E-state index is -4.66. The largest absolute Gasteiger partial charge is 0.543 e. The Balaban J connectivity index is 1.88. The van der Waals surface area contributed by atoms with Gasteiger partial charge in [-0.3, -0.25) is 14.6 Å². The molecule has 218 valence electrons. The summed E-state index contributed by atoms with van der Waals surface area (Å²) in [7, 11) is -4.97. The summed E-state index contributed by atoms with van der Waals surface area (Å²) in [5.74, 6) is -0.401. The minimum absolute atomic E-state index is 0.0162. The Kier molecular flexibility index (Phi) is 6.20. The second-order valence-corrected chi connectivity index (χ2v) is 23.9. The second kappa shape index (κ2) is 8.67. The molecular weight excluding hydrogens is 564 g/mol. The maximum atomic E-state index is 14.3. The Hall–Kier alpha value is -3.19. The van der Waals surface area contributed by atoms with Crippen LogP contribution in [-0.2, 0) is 6.18 Å². The first kappa shape index (κ1) is 29.3. The van der Waals surface area contributed by atoms with E-state index in [9.17, 15) is 22.8 Å². The zero-order valence-corrected chi connectivity index (χ0v) is 27.1. The molecule has 1 aliphatic heterocycles. The van der Waals surface area contributed by atoms with E-state index in [1.54, 1.807) is 0 Å². The number of pyridine rings is 1. The predicted molar refractivity (Wildman–Crippen MR) is 162 cm³/mol. The van der Waals surface area contributed by atoms with Crippen LogP contribution in [0.4, 0.5) is 13.2 Å². The quantitative estimate of drug-likeness (QED) is 0.189. The molecule has 2 amide bonds. The van der Waals surface area contributed by atoms with Crippen molar-refractivity contribution in [3.8, 4) is 5.75 Å². The molecule has 0 atom stereocenters. The van der Waals surface area contributed by atoms with Crippen LogP contribution in [0, 0.1) is 0 Å². The van der Waals surface area contributed by atoms with Gasteiger partial charge in [0, 0.05) is 27.9 Å². The molecule has 2 aromatic carbocycles. The van der Waals surface area contributed by atoms with Gasteiger partial charge >= 0.3 is 6.18 Å². The number of carbonyl (C=O) groups excluding carboxylic acids is 2. The fourth-order valence-electron chi connectivity index (χ4n) is 4.98. The molecule has 0 unspecified atom stereocenters. The lowest BCUT2D eigenvalue weighted by Gasteiger charge is -2.42. The molecule has 0 bridgehead atoms. The van der Waals surface area contributed by atoms with Gasteiger partial charge in [0.25, 0.3) is 11.8 Å². The number of nitrogens with zero attached hydrogens (tertiary/aromatic N) is 2. The Morgan fingerprint density at radius 3 is 2.02 bits per heavy atom. The number of aromatic amines is 1. The molecule has 1 aliphatic rings. The van der Waals surface area contributed by atoms with Crippen molar-refractivity contribution >= 4 is 61.1 Å². The molecule has 3 heterocycles. The van der Waals surface area contributed by atoms with Crippen LogP contribution < -0.4 is 4.43 Å². The Labute approximate surface area is 239 Å². The molecule has 0 saturated heterocycles. The van der Waals surface area contributed by atoms with E-state index in [4.69, 9.17) is 4.43 Å². The monoisotopic (exact) mass is 599 g/mol. The topological polar surface area (TPSA) is 75.3 Å². The van der Waals surface area contributed by atoms with E-state index in [1.807, 2.05) is 52.1 Å². The van der Waals surface area contributed by atoms with Crippen molar-refractivity contribution in [2.75, 3.05) is 0 Å². The lowest BCUT2D eigenvalue weighted by Crippen LogP contribution is -2.57. The second-order valence-electron chi connectivity index (χ2n) is 14.1. The molecule has 0 radical (unpaired) electrons. The number of hydrogen-bond donors (Lipinski definition) is 1. The number of carbonyl (C=O) groups is 2. The third-order valence-electron chi connectivity index (χ3n) is 9.40. The van der Waals surface area contributed by atoms with Crippen molar-refractivity contribution in [1.82, 2.24) is 14.5 Å². The van der Waals surface area contributed by atoms with Gasteiger partial charge in [-0.1, -0.05) is 54.6 Å². The maximum Gasteiger partial charge on any atom is 0.417 e. The van der Waals surface area contributed by atoms with E-state index in [1.165, 1.54) is 4.57 Å². The van der Waals surface area contributed by atoms with E-state index in [0.29, 0.717) is 27.6 Å². The van der Waals surface area contributed by atoms with Crippen LogP contribution in [-0.4, -0.2) is 42.9 Å². The fraction of sp³-hybridized carbons (Fsp3) is 0.433.